The largest absolute Gasteiger partial charge is 0.392 e. The highest BCUT2D eigenvalue weighted by atomic mass is 16.3. The minimum absolute atomic E-state index is 0.103. The molecular weight excluding hydrogens is 208 g/mol. The molecule has 5 heteroatoms. The van der Waals surface area contributed by atoms with Gasteiger partial charge < -0.3 is 15.4 Å². The van der Waals surface area contributed by atoms with Gasteiger partial charge in [-0.1, -0.05) is 0 Å². The number of carbonyl (C=O) groups excluding carboxylic acids is 1. The maximum atomic E-state index is 11.7. The first-order chi connectivity index (χ1) is 7.41. The van der Waals surface area contributed by atoms with Gasteiger partial charge in [-0.3, -0.25) is 9.59 Å². The summed E-state index contributed by atoms with van der Waals surface area (Å²) in [5, 5.41) is 11.5. The first-order valence-electron chi connectivity index (χ1n) is 5.08. The van der Waals surface area contributed by atoms with E-state index in [0.717, 1.165) is 5.69 Å². The molecule has 0 aromatic carbocycles. The fourth-order valence-electron chi connectivity index (χ4n) is 1.46. The first kappa shape index (κ1) is 12.4. The van der Waals surface area contributed by atoms with E-state index in [2.05, 4.69) is 10.3 Å². The lowest BCUT2D eigenvalue weighted by Gasteiger charge is -2.08. The Morgan fingerprint density at radius 1 is 1.56 bits per heavy atom. The van der Waals surface area contributed by atoms with E-state index in [4.69, 9.17) is 5.11 Å². The molecule has 0 bridgehead atoms. The van der Waals surface area contributed by atoms with Crippen molar-refractivity contribution in [3.05, 3.63) is 33.2 Å². The molecule has 0 spiro atoms. The number of aliphatic hydroxyl groups is 1. The van der Waals surface area contributed by atoms with Crippen LogP contribution in [0, 0.1) is 13.8 Å². The summed E-state index contributed by atoms with van der Waals surface area (Å²) < 4.78 is 0. The van der Waals surface area contributed by atoms with Crippen LogP contribution in [0.3, 0.4) is 0 Å². The van der Waals surface area contributed by atoms with Crippen LogP contribution >= 0.6 is 0 Å². The molecule has 0 aliphatic rings. The molecule has 1 heterocycles. The van der Waals surface area contributed by atoms with Gasteiger partial charge in [0.1, 0.15) is 5.56 Å². The number of aromatic nitrogens is 1. The monoisotopic (exact) mass is 224 g/mol. The number of pyridine rings is 1. The number of H-pyrrole nitrogens is 1. The zero-order valence-electron chi connectivity index (χ0n) is 9.63. The van der Waals surface area contributed by atoms with Crippen LogP contribution < -0.4 is 10.9 Å². The van der Waals surface area contributed by atoms with Gasteiger partial charge in [0.2, 0.25) is 0 Å². The van der Waals surface area contributed by atoms with E-state index in [0.29, 0.717) is 5.56 Å². The van der Waals surface area contributed by atoms with Crippen molar-refractivity contribution < 1.29 is 9.90 Å². The lowest BCUT2D eigenvalue weighted by molar-refractivity contribution is 0.0922. The molecule has 0 fully saturated rings. The highest BCUT2D eigenvalue weighted by molar-refractivity contribution is 5.95. The highest BCUT2D eigenvalue weighted by Crippen LogP contribution is 2.03. The maximum absolute atomic E-state index is 11.7. The molecule has 5 nitrogen and oxygen atoms in total. The summed E-state index contributed by atoms with van der Waals surface area (Å²) in [5.74, 6) is -0.459. The van der Waals surface area contributed by atoms with Gasteiger partial charge in [-0.2, -0.15) is 0 Å². The number of rotatable bonds is 3. The normalized spacial score (nSPS) is 12.2. The van der Waals surface area contributed by atoms with Crippen LogP contribution in [-0.2, 0) is 0 Å². The molecule has 16 heavy (non-hydrogen) atoms. The summed E-state index contributed by atoms with van der Waals surface area (Å²) in [7, 11) is 0. The van der Waals surface area contributed by atoms with E-state index < -0.39 is 17.6 Å². The molecule has 0 saturated heterocycles. The number of amides is 1. The summed E-state index contributed by atoms with van der Waals surface area (Å²) >= 11 is 0. The van der Waals surface area contributed by atoms with Crippen molar-refractivity contribution in [1.82, 2.24) is 10.3 Å². The number of aliphatic hydroxyl groups excluding tert-OH is 1. The summed E-state index contributed by atoms with van der Waals surface area (Å²) in [6.45, 7) is 5.16. The van der Waals surface area contributed by atoms with Gasteiger partial charge in [0, 0.05) is 12.2 Å². The fourth-order valence-corrected chi connectivity index (χ4v) is 1.46. The average molecular weight is 224 g/mol. The third-order valence-electron chi connectivity index (χ3n) is 2.15. The Kier molecular flexibility index (Phi) is 3.84. The summed E-state index contributed by atoms with van der Waals surface area (Å²) in [6.07, 6.45) is -0.631. The quantitative estimate of drug-likeness (QED) is 0.681. The molecule has 0 unspecified atom stereocenters. The van der Waals surface area contributed by atoms with Crippen LogP contribution in [0.25, 0.3) is 0 Å². The Labute approximate surface area is 93.5 Å². The number of hydrogen-bond donors (Lipinski definition) is 3. The molecule has 1 aromatic heterocycles. The van der Waals surface area contributed by atoms with Gasteiger partial charge in [-0.05, 0) is 32.4 Å². The fraction of sp³-hybridized carbons (Fsp3) is 0.455. The van der Waals surface area contributed by atoms with Crippen molar-refractivity contribution >= 4 is 5.91 Å². The number of carbonyl (C=O) groups is 1. The van der Waals surface area contributed by atoms with Crippen molar-refractivity contribution in [3.63, 3.8) is 0 Å². The van der Waals surface area contributed by atoms with Crippen LogP contribution in [0.15, 0.2) is 10.9 Å². The zero-order valence-corrected chi connectivity index (χ0v) is 9.63. The molecule has 1 atom stereocenters. The van der Waals surface area contributed by atoms with Crippen molar-refractivity contribution in [2.45, 2.75) is 26.9 Å². The molecule has 0 aliphatic carbocycles. The number of aryl methyl sites for hydroxylation is 2. The third kappa shape index (κ3) is 2.93. The molecular formula is C11H16N2O3. The third-order valence-corrected chi connectivity index (χ3v) is 2.15. The number of aromatic amines is 1. The van der Waals surface area contributed by atoms with Crippen LogP contribution in [0.5, 0.6) is 0 Å². The second kappa shape index (κ2) is 4.94. The lowest BCUT2D eigenvalue weighted by Crippen LogP contribution is -2.35. The summed E-state index contributed by atoms with van der Waals surface area (Å²) in [4.78, 5) is 25.8. The van der Waals surface area contributed by atoms with E-state index in [-0.39, 0.29) is 12.1 Å². The Morgan fingerprint density at radius 3 is 2.69 bits per heavy atom. The Bertz CT molecular complexity index is 449. The van der Waals surface area contributed by atoms with Gasteiger partial charge in [-0.15, -0.1) is 0 Å². The zero-order chi connectivity index (χ0) is 12.3. The van der Waals surface area contributed by atoms with Gasteiger partial charge in [-0.25, -0.2) is 0 Å². The standard InChI is InChI=1S/C11H16N2O3/c1-6-4-7(2)13-11(16)9(6)10(15)12-5-8(3)14/h4,8,14H,5H2,1-3H3,(H,12,15)(H,13,16)/t8-/m1/s1. The van der Waals surface area contributed by atoms with Crippen molar-refractivity contribution in [2.75, 3.05) is 6.54 Å². The highest BCUT2D eigenvalue weighted by Gasteiger charge is 2.14. The van der Waals surface area contributed by atoms with Gasteiger partial charge >= 0.3 is 0 Å². The average Bonchev–Trinajstić information content (AvgIpc) is 2.12. The predicted octanol–water partition coefficient (Wildman–Crippen LogP) is 0.102. The summed E-state index contributed by atoms with van der Waals surface area (Å²) in [5.41, 5.74) is 1.05. The lowest BCUT2D eigenvalue weighted by atomic mass is 10.1. The molecule has 0 radical (unpaired) electrons. The summed E-state index contributed by atoms with van der Waals surface area (Å²) in [6, 6.07) is 1.73. The Hall–Kier alpha value is -1.62. The maximum Gasteiger partial charge on any atom is 0.261 e. The molecule has 1 rings (SSSR count). The van der Waals surface area contributed by atoms with E-state index in [9.17, 15) is 9.59 Å². The van der Waals surface area contributed by atoms with Gasteiger partial charge in [0.05, 0.1) is 6.10 Å². The van der Waals surface area contributed by atoms with E-state index in [1.165, 1.54) is 0 Å². The molecule has 3 N–H and O–H groups in total. The van der Waals surface area contributed by atoms with E-state index in [1.54, 1.807) is 26.8 Å². The van der Waals surface area contributed by atoms with Crippen LogP contribution in [0.4, 0.5) is 0 Å². The van der Waals surface area contributed by atoms with E-state index >= 15 is 0 Å². The van der Waals surface area contributed by atoms with Crippen molar-refractivity contribution in [3.8, 4) is 0 Å². The Morgan fingerprint density at radius 2 is 2.19 bits per heavy atom. The SMILES string of the molecule is Cc1cc(C)c(C(=O)NC[C@@H](C)O)c(=O)[nH]1. The predicted molar refractivity (Wildman–Crippen MR) is 60.6 cm³/mol. The molecule has 0 saturated carbocycles. The minimum atomic E-state index is -0.631. The number of hydrogen-bond acceptors (Lipinski definition) is 3. The molecule has 0 aliphatic heterocycles. The first-order valence-corrected chi connectivity index (χ1v) is 5.08. The number of nitrogens with one attached hydrogen (secondary N) is 2. The van der Waals surface area contributed by atoms with Gasteiger partial charge in [0.25, 0.3) is 11.5 Å². The second-order valence-electron chi connectivity index (χ2n) is 3.90. The molecule has 88 valence electrons. The van der Waals surface area contributed by atoms with Crippen molar-refractivity contribution in [2.24, 2.45) is 0 Å². The van der Waals surface area contributed by atoms with Crippen LogP contribution in [0.1, 0.15) is 28.5 Å². The van der Waals surface area contributed by atoms with Gasteiger partial charge in [0.15, 0.2) is 0 Å². The topological polar surface area (TPSA) is 82.2 Å². The van der Waals surface area contributed by atoms with Crippen LogP contribution in [0.2, 0.25) is 0 Å². The molecule has 1 amide bonds. The second-order valence-corrected chi connectivity index (χ2v) is 3.90. The minimum Gasteiger partial charge on any atom is -0.392 e. The Balaban J connectivity index is 2.96. The smallest absolute Gasteiger partial charge is 0.261 e. The van der Waals surface area contributed by atoms with Crippen LogP contribution in [-0.4, -0.2) is 28.6 Å². The van der Waals surface area contributed by atoms with Crippen molar-refractivity contribution in [1.29, 1.82) is 0 Å². The van der Waals surface area contributed by atoms with E-state index in [1.807, 2.05) is 0 Å². The molecule has 1 aromatic rings.